The van der Waals surface area contributed by atoms with E-state index in [1.54, 1.807) is 0 Å². The Morgan fingerprint density at radius 3 is 0.818 bits per heavy atom. The van der Waals surface area contributed by atoms with Gasteiger partial charge in [-0.2, -0.15) is 0 Å². The molecular weight excluding hydrogens is 186 g/mol. The third-order valence-electron chi connectivity index (χ3n) is 0. The van der Waals surface area contributed by atoms with Gasteiger partial charge in [0.05, 0.1) is 0 Å². The van der Waals surface area contributed by atoms with E-state index >= 15 is 0 Å². The van der Waals surface area contributed by atoms with Crippen molar-refractivity contribution in [1.29, 1.82) is 0 Å². The molecule has 0 aliphatic carbocycles. The molecule has 0 spiro atoms. The number of carbonyl (C=O) groups is 2. The molecule has 0 aliphatic rings. The predicted octanol–water partition coefficient (Wildman–Crippen LogP) is -1.51. The Hall–Kier alpha value is 0.0325. The molecule has 9 heteroatoms. The van der Waals surface area contributed by atoms with Crippen LogP contribution in [-0.2, 0) is 5.48 Å². The van der Waals surface area contributed by atoms with E-state index in [-0.39, 0.29) is 52.4 Å². The van der Waals surface area contributed by atoms with Crippen LogP contribution in [0, 0.1) is 0 Å². The average Bonchev–Trinajstić information content (AvgIpc) is 1.25. The van der Waals surface area contributed by atoms with Gasteiger partial charge in [0.1, 0.15) is 0 Å². The molecule has 0 aromatic rings. The van der Waals surface area contributed by atoms with Gasteiger partial charge in [-0.1, -0.05) is 0 Å². The number of hydrogen-bond donors (Lipinski definition) is 4. The Morgan fingerprint density at radius 1 is 0.818 bits per heavy atom. The summed E-state index contributed by atoms with van der Waals surface area (Å²) in [5.74, 6) is 0. The third-order valence-corrected chi connectivity index (χ3v) is 0. The van der Waals surface area contributed by atoms with Crippen LogP contribution in [0.1, 0.15) is 0 Å². The molecule has 0 saturated carbocycles. The maximum absolute atomic E-state index is 8.56. The first-order valence-corrected chi connectivity index (χ1v) is 1.30. The molecule has 0 amide bonds. The summed E-state index contributed by atoms with van der Waals surface area (Å²) < 4.78 is 0. The number of rotatable bonds is 0. The molecule has 0 heterocycles. The normalized spacial score (nSPS) is 4.36. The van der Waals surface area contributed by atoms with E-state index in [9.17, 15) is 0 Å². The summed E-state index contributed by atoms with van der Waals surface area (Å²) in [6, 6.07) is 0. The van der Waals surface area contributed by atoms with Crippen LogP contribution in [0.25, 0.3) is 0 Å². The van der Waals surface area contributed by atoms with Crippen LogP contribution < -0.4 is 0 Å². The van der Waals surface area contributed by atoms with Gasteiger partial charge in [0.15, 0.2) is 17.4 Å². The van der Waals surface area contributed by atoms with E-state index in [2.05, 4.69) is 0 Å². The summed E-state index contributed by atoms with van der Waals surface area (Å²) in [5, 5.41) is 27.9. The largest absolute Gasteiger partial charge is 0 e. The Balaban J connectivity index is -0.0000000171. The standard InChI is InChI=1S/2CH2O3.Al.Na.O.4H/c2*2-1(3)4;;;;;;;/h2*(H2,2,3,4);;;;;;;. The summed E-state index contributed by atoms with van der Waals surface area (Å²) in [6.07, 6.45) is -3.67. The van der Waals surface area contributed by atoms with Crippen LogP contribution in [0.4, 0.5) is 9.59 Å². The molecule has 2 radical (unpaired) electrons. The SMILES string of the molecule is O=C(O)O.O=C(O)O.[AlH3].[NaH].[O]. The summed E-state index contributed by atoms with van der Waals surface area (Å²) in [5.41, 5.74) is 0. The topological polar surface area (TPSA) is 144 Å². The molecule has 0 aromatic carbocycles. The summed E-state index contributed by atoms with van der Waals surface area (Å²) in [4.78, 5) is 17.1. The second-order valence-electron chi connectivity index (χ2n) is 0.565. The van der Waals surface area contributed by atoms with Crippen molar-refractivity contribution in [3.05, 3.63) is 0 Å². The van der Waals surface area contributed by atoms with E-state index in [0.29, 0.717) is 0 Å². The minimum atomic E-state index is -1.83. The van der Waals surface area contributed by atoms with Gasteiger partial charge in [0.2, 0.25) is 0 Å². The van der Waals surface area contributed by atoms with Crippen molar-refractivity contribution in [3.63, 3.8) is 0 Å². The van der Waals surface area contributed by atoms with Gasteiger partial charge in [-0.05, 0) is 0 Å². The predicted molar refractivity (Wildman–Crippen MR) is 39.1 cm³/mol. The zero-order chi connectivity index (χ0) is 7.15. The second kappa shape index (κ2) is 22.5. The van der Waals surface area contributed by atoms with Gasteiger partial charge in [0, 0.05) is 5.48 Å². The first-order valence-electron chi connectivity index (χ1n) is 1.30. The van der Waals surface area contributed by atoms with Crippen LogP contribution in [-0.4, -0.2) is 79.7 Å². The monoisotopic (exact) mass is 194 g/mol. The zero-order valence-electron chi connectivity index (χ0n) is 4.01. The van der Waals surface area contributed by atoms with Crippen molar-refractivity contribution >= 4 is 59.2 Å². The van der Waals surface area contributed by atoms with Crippen LogP contribution >= 0.6 is 0 Å². The van der Waals surface area contributed by atoms with Crippen LogP contribution in [0.5, 0.6) is 0 Å². The second-order valence-corrected chi connectivity index (χ2v) is 0.565. The smallest absolute Gasteiger partial charge is 0 e. The minimum absolute atomic E-state index is 0. The maximum atomic E-state index is 8.56. The van der Waals surface area contributed by atoms with E-state index in [4.69, 9.17) is 30.0 Å². The molecule has 62 valence electrons. The zero-order valence-corrected chi connectivity index (χ0v) is 4.01. The molecule has 4 N–H and O–H groups in total. The van der Waals surface area contributed by atoms with Crippen molar-refractivity contribution in [2.45, 2.75) is 0 Å². The first kappa shape index (κ1) is 30.5. The molecule has 0 rings (SSSR count). The third kappa shape index (κ3) is 614000. The molecule has 0 aromatic heterocycles. The van der Waals surface area contributed by atoms with Gasteiger partial charge in [-0.15, -0.1) is 0 Å². The average molecular weight is 194 g/mol. The fourth-order valence-electron chi connectivity index (χ4n) is 0. The van der Waals surface area contributed by atoms with Gasteiger partial charge in [-0.3, -0.25) is 0 Å². The molecule has 7 nitrogen and oxygen atoms in total. The molecule has 0 saturated heterocycles. The molecule has 0 unspecified atom stereocenters. The van der Waals surface area contributed by atoms with Crippen molar-refractivity contribution in [3.8, 4) is 0 Å². The van der Waals surface area contributed by atoms with E-state index in [1.165, 1.54) is 0 Å². The van der Waals surface area contributed by atoms with Gasteiger partial charge in [-0.25, -0.2) is 9.59 Å². The van der Waals surface area contributed by atoms with Gasteiger partial charge >= 0.3 is 41.9 Å². The molecule has 0 atom stereocenters. The summed E-state index contributed by atoms with van der Waals surface area (Å²) >= 11 is 0. The van der Waals surface area contributed by atoms with Crippen molar-refractivity contribution < 1.29 is 35.5 Å². The van der Waals surface area contributed by atoms with Crippen LogP contribution in [0.3, 0.4) is 0 Å². The Morgan fingerprint density at radius 2 is 0.818 bits per heavy atom. The molecule has 0 aliphatic heterocycles. The van der Waals surface area contributed by atoms with Gasteiger partial charge < -0.3 is 20.4 Å². The Kier molecular flexibility index (Phi) is 62.4. The molecule has 11 heavy (non-hydrogen) atoms. The summed E-state index contributed by atoms with van der Waals surface area (Å²) in [6.45, 7) is 0. The maximum Gasteiger partial charge on any atom is 0 e. The van der Waals surface area contributed by atoms with E-state index < -0.39 is 12.3 Å². The fraction of sp³-hybridized carbons (Fsp3) is 0. The Labute approximate surface area is 94.4 Å². The first-order chi connectivity index (χ1) is 3.46. The number of hydrogen-bond acceptors (Lipinski definition) is 2. The quantitative estimate of drug-likeness (QED) is 0.345. The molecular formula is C2H8AlNaO7. The Bertz CT molecular complexity index is 74.4. The van der Waals surface area contributed by atoms with Gasteiger partial charge in [0.25, 0.3) is 0 Å². The van der Waals surface area contributed by atoms with E-state index in [0.717, 1.165) is 0 Å². The van der Waals surface area contributed by atoms with Crippen molar-refractivity contribution in [1.82, 2.24) is 0 Å². The van der Waals surface area contributed by atoms with Crippen molar-refractivity contribution in [2.75, 3.05) is 0 Å². The molecule has 0 fully saturated rings. The fourth-order valence-corrected chi connectivity index (χ4v) is 0. The summed E-state index contributed by atoms with van der Waals surface area (Å²) in [7, 11) is 0. The van der Waals surface area contributed by atoms with Crippen LogP contribution in [0.15, 0.2) is 0 Å². The van der Waals surface area contributed by atoms with Crippen LogP contribution in [0.2, 0.25) is 0 Å². The molecule has 0 bridgehead atoms. The van der Waals surface area contributed by atoms with E-state index in [1.807, 2.05) is 0 Å². The van der Waals surface area contributed by atoms with Crippen molar-refractivity contribution in [2.24, 2.45) is 0 Å². The minimum Gasteiger partial charge on any atom is 0 e. The number of carboxylic acid groups (broad SMARTS) is 4.